The van der Waals surface area contributed by atoms with Gasteiger partial charge in [-0.2, -0.15) is 5.10 Å². The van der Waals surface area contributed by atoms with Gasteiger partial charge >= 0.3 is 5.69 Å². The number of hydrogen-bond acceptors (Lipinski definition) is 5. The van der Waals surface area contributed by atoms with Crippen LogP contribution in [0, 0.1) is 16.0 Å². The van der Waals surface area contributed by atoms with E-state index in [1.54, 1.807) is 11.7 Å². The van der Waals surface area contributed by atoms with E-state index in [4.69, 9.17) is 0 Å². The number of aryl methyl sites for hydroxylation is 1. The molecular formula is C13H22N4O3. The van der Waals surface area contributed by atoms with Crippen molar-refractivity contribution in [1.82, 2.24) is 9.78 Å². The van der Waals surface area contributed by atoms with Crippen molar-refractivity contribution in [2.75, 3.05) is 11.9 Å². The van der Waals surface area contributed by atoms with E-state index in [1.807, 2.05) is 13.8 Å². The molecule has 2 N–H and O–H groups in total. The molecule has 0 aliphatic heterocycles. The van der Waals surface area contributed by atoms with Gasteiger partial charge in [-0.25, -0.2) is 4.68 Å². The van der Waals surface area contributed by atoms with E-state index in [0.717, 1.165) is 19.3 Å². The molecule has 1 aromatic heterocycles. The van der Waals surface area contributed by atoms with Crippen LogP contribution in [-0.4, -0.2) is 32.5 Å². The Morgan fingerprint density at radius 1 is 1.55 bits per heavy atom. The van der Waals surface area contributed by atoms with Crippen LogP contribution in [0.3, 0.4) is 0 Å². The minimum Gasteiger partial charge on any atom is -0.393 e. The maximum atomic E-state index is 11.3. The highest BCUT2D eigenvalue weighted by Gasteiger charge is 2.29. The van der Waals surface area contributed by atoms with Gasteiger partial charge in [-0.05, 0) is 25.2 Å². The zero-order valence-electron chi connectivity index (χ0n) is 12.2. The van der Waals surface area contributed by atoms with Gasteiger partial charge in [-0.3, -0.25) is 10.1 Å². The first-order chi connectivity index (χ1) is 9.40. The molecule has 1 aromatic rings. The van der Waals surface area contributed by atoms with Crippen LogP contribution in [0.2, 0.25) is 0 Å². The highest BCUT2D eigenvalue weighted by atomic mass is 16.6. The third-order valence-electron chi connectivity index (χ3n) is 3.85. The Morgan fingerprint density at radius 2 is 2.25 bits per heavy atom. The van der Waals surface area contributed by atoms with Gasteiger partial charge < -0.3 is 10.4 Å². The Labute approximate surface area is 118 Å². The van der Waals surface area contributed by atoms with E-state index in [-0.39, 0.29) is 22.6 Å². The molecule has 2 atom stereocenters. The standard InChI is InChI=1S/C13H22N4O3/c1-8(2)11-12(17(19)20)13(16(3)15-11)14-7-9-4-5-10(18)6-9/h8-10,14,18H,4-7H2,1-3H3. The molecule has 1 saturated carbocycles. The highest BCUT2D eigenvalue weighted by molar-refractivity contribution is 5.60. The number of aromatic nitrogens is 2. The molecule has 0 spiro atoms. The Bertz CT molecular complexity index is 498. The van der Waals surface area contributed by atoms with Crippen LogP contribution in [0.25, 0.3) is 0 Å². The van der Waals surface area contributed by atoms with Gasteiger partial charge in [0.05, 0.1) is 11.0 Å². The van der Waals surface area contributed by atoms with Crippen LogP contribution in [0.15, 0.2) is 0 Å². The van der Waals surface area contributed by atoms with Crippen molar-refractivity contribution in [1.29, 1.82) is 0 Å². The number of nitrogens with one attached hydrogen (secondary N) is 1. The molecule has 0 aromatic carbocycles. The molecule has 0 radical (unpaired) electrons. The number of aliphatic hydroxyl groups is 1. The molecule has 1 heterocycles. The van der Waals surface area contributed by atoms with E-state index >= 15 is 0 Å². The van der Waals surface area contributed by atoms with E-state index < -0.39 is 0 Å². The average molecular weight is 282 g/mol. The zero-order chi connectivity index (χ0) is 14.9. The predicted octanol–water partition coefficient (Wildman–Crippen LogP) is 2.02. The molecule has 1 aliphatic carbocycles. The second-order valence-electron chi connectivity index (χ2n) is 5.83. The molecule has 0 amide bonds. The highest BCUT2D eigenvalue weighted by Crippen LogP contribution is 2.33. The first-order valence-electron chi connectivity index (χ1n) is 7.03. The van der Waals surface area contributed by atoms with Crippen LogP contribution in [0.1, 0.15) is 44.7 Å². The SMILES string of the molecule is CC(C)c1nn(C)c(NCC2CCC(O)C2)c1[N+](=O)[O-]. The number of hydrogen-bond donors (Lipinski definition) is 2. The van der Waals surface area contributed by atoms with E-state index in [9.17, 15) is 15.2 Å². The number of aliphatic hydroxyl groups excluding tert-OH is 1. The normalized spacial score (nSPS) is 22.4. The third-order valence-corrected chi connectivity index (χ3v) is 3.85. The summed E-state index contributed by atoms with van der Waals surface area (Å²) in [5.74, 6) is 0.826. The van der Waals surface area contributed by atoms with Gasteiger partial charge in [0.2, 0.25) is 5.82 Å². The van der Waals surface area contributed by atoms with Crippen molar-refractivity contribution < 1.29 is 10.0 Å². The lowest BCUT2D eigenvalue weighted by molar-refractivity contribution is -0.384. The van der Waals surface area contributed by atoms with Crippen molar-refractivity contribution in [3.05, 3.63) is 15.8 Å². The summed E-state index contributed by atoms with van der Waals surface area (Å²) < 4.78 is 1.54. The molecule has 7 nitrogen and oxygen atoms in total. The maximum absolute atomic E-state index is 11.3. The Morgan fingerprint density at radius 3 is 2.75 bits per heavy atom. The first kappa shape index (κ1) is 14.8. The lowest BCUT2D eigenvalue weighted by Gasteiger charge is -2.11. The van der Waals surface area contributed by atoms with E-state index in [2.05, 4.69) is 10.4 Å². The number of anilines is 1. The van der Waals surface area contributed by atoms with Crippen LogP contribution in [0.4, 0.5) is 11.5 Å². The molecular weight excluding hydrogens is 260 g/mol. The number of nitrogens with zero attached hydrogens (tertiary/aromatic N) is 3. The van der Waals surface area contributed by atoms with Gasteiger partial charge in [0, 0.05) is 19.5 Å². The minimum atomic E-state index is -0.367. The van der Waals surface area contributed by atoms with Gasteiger partial charge in [0.25, 0.3) is 0 Å². The molecule has 7 heteroatoms. The number of nitro groups is 1. The van der Waals surface area contributed by atoms with Gasteiger partial charge in [-0.1, -0.05) is 13.8 Å². The van der Waals surface area contributed by atoms with Crippen molar-refractivity contribution in [3.63, 3.8) is 0 Å². The Hall–Kier alpha value is -1.63. The summed E-state index contributed by atoms with van der Waals surface area (Å²) in [5, 5.41) is 28.2. The van der Waals surface area contributed by atoms with E-state index in [0.29, 0.717) is 24.0 Å². The summed E-state index contributed by atoms with van der Waals surface area (Å²) in [4.78, 5) is 10.9. The monoisotopic (exact) mass is 282 g/mol. The summed E-state index contributed by atoms with van der Waals surface area (Å²) in [6.45, 7) is 4.42. The van der Waals surface area contributed by atoms with Gasteiger partial charge in [-0.15, -0.1) is 0 Å². The second-order valence-corrected chi connectivity index (χ2v) is 5.83. The smallest absolute Gasteiger partial charge is 0.334 e. The van der Waals surface area contributed by atoms with Crippen molar-refractivity contribution in [3.8, 4) is 0 Å². The average Bonchev–Trinajstić information content (AvgIpc) is 2.90. The summed E-state index contributed by atoms with van der Waals surface area (Å²) in [6.07, 6.45) is 2.30. The summed E-state index contributed by atoms with van der Waals surface area (Å²) >= 11 is 0. The Kier molecular flexibility index (Phi) is 4.27. The molecule has 0 saturated heterocycles. The molecule has 112 valence electrons. The molecule has 1 fully saturated rings. The first-order valence-corrected chi connectivity index (χ1v) is 7.03. The molecule has 2 rings (SSSR count). The lowest BCUT2D eigenvalue weighted by atomic mass is 10.1. The quantitative estimate of drug-likeness (QED) is 0.636. The molecule has 2 unspecified atom stereocenters. The predicted molar refractivity (Wildman–Crippen MR) is 75.8 cm³/mol. The lowest BCUT2D eigenvalue weighted by Crippen LogP contribution is -2.15. The third kappa shape index (κ3) is 2.92. The van der Waals surface area contributed by atoms with Crippen molar-refractivity contribution in [2.24, 2.45) is 13.0 Å². The van der Waals surface area contributed by atoms with Crippen molar-refractivity contribution in [2.45, 2.75) is 45.1 Å². The second kappa shape index (κ2) is 5.78. The fourth-order valence-electron chi connectivity index (χ4n) is 2.78. The number of rotatable bonds is 5. The molecule has 1 aliphatic rings. The maximum Gasteiger partial charge on any atom is 0.334 e. The molecule has 20 heavy (non-hydrogen) atoms. The topological polar surface area (TPSA) is 93.2 Å². The van der Waals surface area contributed by atoms with Crippen LogP contribution < -0.4 is 5.32 Å². The fraction of sp³-hybridized carbons (Fsp3) is 0.769. The fourth-order valence-corrected chi connectivity index (χ4v) is 2.78. The Balaban J connectivity index is 2.16. The summed E-state index contributed by atoms with van der Waals surface area (Å²) in [5.41, 5.74) is 0.576. The molecule has 0 bridgehead atoms. The van der Waals surface area contributed by atoms with Gasteiger partial charge in [0.15, 0.2) is 0 Å². The van der Waals surface area contributed by atoms with Crippen LogP contribution in [0.5, 0.6) is 0 Å². The van der Waals surface area contributed by atoms with Crippen LogP contribution in [-0.2, 0) is 7.05 Å². The zero-order valence-corrected chi connectivity index (χ0v) is 12.2. The summed E-state index contributed by atoms with van der Waals surface area (Å²) in [6, 6.07) is 0. The van der Waals surface area contributed by atoms with Crippen LogP contribution >= 0.6 is 0 Å². The van der Waals surface area contributed by atoms with Crippen molar-refractivity contribution >= 4 is 11.5 Å². The largest absolute Gasteiger partial charge is 0.393 e. The van der Waals surface area contributed by atoms with E-state index in [1.165, 1.54) is 0 Å². The minimum absolute atomic E-state index is 0.00505. The van der Waals surface area contributed by atoms with Gasteiger partial charge in [0.1, 0.15) is 5.69 Å². The summed E-state index contributed by atoms with van der Waals surface area (Å²) in [7, 11) is 1.71.